The largest absolute Gasteiger partial charge is 0.386 e. The molecule has 50 valence electrons. The van der Waals surface area contributed by atoms with Gasteiger partial charge in [0.25, 0.3) is 0 Å². The van der Waals surface area contributed by atoms with Crippen molar-refractivity contribution in [2.75, 3.05) is 23.4 Å². The summed E-state index contributed by atoms with van der Waals surface area (Å²) in [6.07, 6.45) is 0. The molecule has 2 N–H and O–H groups in total. The molecule has 0 atom stereocenters. The lowest BCUT2D eigenvalue weighted by Crippen LogP contribution is -1.86. The lowest BCUT2D eigenvalue weighted by molar-refractivity contribution is 0.374. The van der Waals surface area contributed by atoms with E-state index < -0.39 is 0 Å². The molecule has 0 aromatic heterocycles. The average Bonchev–Trinajstić information content (AvgIpc) is 1.81. The Bertz CT molecular complexity index is 37.0. The topological polar surface area (TPSA) is 40.5 Å². The SMILES string of the molecule is OCSCCSCO. The molecular weight excluding hydrogens is 144 g/mol. The highest BCUT2D eigenvalue weighted by atomic mass is 32.2. The zero-order valence-electron chi connectivity index (χ0n) is 4.54. The highest BCUT2D eigenvalue weighted by Gasteiger charge is 1.84. The van der Waals surface area contributed by atoms with Gasteiger partial charge >= 0.3 is 0 Å². The van der Waals surface area contributed by atoms with E-state index in [4.69, 9.17) is 10.2 Å². The molecule has 0 heterocycles. The molecular formula is C4H10O2S2. The van der Waals surface area contributed by atoms with E-state index in [1.807, 2.05) is 0 Å². The van der Waals surface area contributed by atoms with Crippen molar-refractivity contribution < 1.29 is 10.2 Å². The summed E-state index contributed by atoms with van der Waals surface area (Å²) < 4.78 is 0. The van der Waals surface area contributed by atoms with Crippen LogP contribution in [0, 0.1) is 0 Å². The molecule has 0 amide bonds. The van der Waals surface area contributed by atoms with Crippen molar-refractivity contribution in [3.63, 3.8) is 0 Å². The van der Waals surface area contributed by atoms with Crippen LogP contribution < -0.4 is 0 Å². The first-order chi connectivity index (χ1) is 3.91. The van der Waals surface area contributed by atoms with E-state index in [1.54, 1.807) is 0 Å². The van der Waals surface area contributed by atoms with Crippen LogP contribution in [0.15, 0.2) is 0 Å². The second-order valence-corrected chi connectivity index (χ2v) is 3.22. The molecule has 0 aliphatic heterocycles. The summed E-state index contributed by atoms with van der Waals surface area (Å²) in [6.45, 7) is 0. The minimum absolute atomic E-state index is 0.186. The van der Waals surface area contributed by atoms with E-state index in [-0.39, 0.29) is 11.9 Å². The molecule has 0 radical (unpaired) electrons. The number of hydrogen-bond donors (Lipinski definition) is 2. The van der Waals surface area contributed by atoms with Gasteiger partial charge in [-0.2, -0.15) is 0 Å². The van der Waals surface area contributed by atoms with Gasteiger partial charge in [-0.3, -0.25) is 0 Å². The standard InChI is InChI=1S/C4H10O2S2/c5-3-7-1-2-8-4-6/h5-6H,1-4H2. The van der Waals surface area contributed by atoms with Crippen LogP contribution in [0.1, 0.15) is 0 Å². The highest BCUT2D eigenvalue weighted by Crippen LogP contribution is 2.03. The maximum absolute atomic E-state index is 8.26. The van der Waals surface area contributed by atoms with Crippen molar-refractivity contribution in [3.05, 3.63) is 0 Å². The van der Waals surface area contributed by atoms with Gasteiger partial charge < -0.3 is 10.2 Å². The molecule has 0 rings (SSSR count). The first-order valence-corrected chi connectivity index (χ1v) is 4.60. The lowest BCUT2D eigenvalue weighted by Gasteiger charge is -1.93. The van der Waals surface area contributed by atoms with Gasteiger partial charge in [-0.1, -0.05) is 0 Å². The minimum Gasteiger partial charge on any atom is -0.386 e. The molecule has 8 heavy (non-hydrogen) atoms. The third-order valence-corrected chi connectivity index (χ3v) is 2.16. The Morgan fingerprint density at radius 1 is 0.875 bits per heavy atom. The summed E-state index contributed by atoms with van der Waals surface area (Å²) in [5.74, 6) is 2.21. The molecule has 0 bridgehead atoms. The van der Waals surface area contributed by atoms with Crippen molar-refractivity contribution in [1.29, 1.82) is 0 Å². The van der Waals surface area contributed by atoms with Crippen molar-refractivity contribution in [1.82, 2.24) is 0 Å². The zero-order valence-corrected chi connectivity index (χ0v) is 6.17. The van der Waals surface area contributed by atoms with Crippen LogP contribution in [-0.4, -0.2) is 33.6 Å². The van der Waals surface area contributed by atoms with E-state index in [1.165, 1.54) is 23.5 Å². The Morgan fingerprint density at radius 3 is 1.50 bits per heavy atom. The second-order valence-electron chi connectivity index (χ2n) is 1.07. The van der Waals surface area contributed by atoms with Gasteiger partial charge in [0.05, 0.1) is 11.9 Å². The number of rotatable bonds is 5. The van der Waals surface area contributed by atoms with Crippen LogP contribution in [0.2, 0.25) is 0 Å². The molecule has 0 aromatic carbocycles. The normalized spacial score (nSPS) is 9.75. The summed E-state index contributed by atoms with van der Waals surface area (Å²) >= 11 is 2.94. The molecule has 0 unspecified atom stereocenters. The fraction of sp³-hybridized carbons (Fsp3) is 1.00. The Morgan fingerprint density at radius 2 is 1.25 bits per heavy atom. The summed E-state index contributed by atoms with van der Waals surface area (Å²) in [6, 6.07) is 0. The molecule has 0 aliphatic carbocycles. The third-order valence-electron chi connectivity index (χ3n) is 0.555. The minimum atomic E-state index is 0.186. The monoisotopic (exact) mass is 154 g/mol. The fourth-order valence-corrected chi connectivity index (χ4v) is 1.45. The van der Waals surface area contributed by atoms with Crippen molar-refractivity contribution in [2.24, 2.45) is 0 Å². The van der Waals surface area contributed by atoms with Crippen molar-refractivity contribution in [2.45, 2.75) is 0 Å². The summed E-state index contributed by atoms with van der Waals surface area (Å²) in [7, 11) is 0. The predicted molar refractivity (Wildman–Crippen MR) is 39.1 cm³/mol. The van der Waals surface area contributed by atoms with Crippen LogP contribution >= 0.6 is 23.5 Å². The maximum atomic E-state index is 8.26. The fourth-order valence-electron chi connectivity index (χ4n) is 0.247. The summed E-state index contributed by atoms with van der Waals surface area (Å²) in [4.78, 5) is 0. The average molecular weight is 154 g/mol. The molecule has 0 saturated heterocycles. The lowest BCUT2D eigenvalue weighted by atomic mass is 11.0. The smallest absolute Gasteiger partial charge is 0.0886 e. The van der Waals surface area contributed by atoms with Crippen LogP contribution in [0.4, 0.5) is 0 Å². The first kappa shape index (κ1) is 8.62. The van der Waals surface area contributed by atoms with Crippen LogP contribution in [0.5, 0.6) is 0 Å². The van der Waals surface area contributed by atoms with E-state index in [0.29, 0.717) is 0 Å². The summed E-state index contributed by atoms with van der Waals surface area (Å²) in [5.41, 5.74) is 0. The number of hydrogen-bond acceptors (Lipinski definition) is 4. The Balaban J connectivity index is 2.53. The Kier molecular flexibility index (Phi) is 8.21. The molecule has 0 aliphatic rings. The number of thioether (sulfide) groups is 2. The zero-order chi connectivity index (χ0) is 6.24. The van der Waals surface area contributed by atoms with Gasteiger partial charge in [0.2, 0.25) is 0 Å². The second kappa shape index (κ2) is 7.62. The summed E-state index contributed by atoms with van der Waals surface area (Å²) in [5, 5.41) is 16.5. The maximum Gasteiger partial charge on any atom is 0.0886 e. The van der Waals surface area contributed by atoms with Crippen LogP contribution in [0.3, 0.4) is 0 Å². The van der Waals surface area contributed by atoms with Gasteiger partial charge in [0, 0.05) is 11.5 Å². The molecule has 0 aromatic rings. The molecule has 2 nitrogen and oxygen atoms in total. The van der Waals surface area contributed by atoms with E-state index in [0.717, 1.165) is 11.5 Å². The van der Waals surface area contributed by atoms with Crippen LogP contribution in [-0.2, 0) is 0 Å². The predicted octanol–water partition coefficient (Wildman–Crippen LogP) is 0.352. The molecule has 0 spiro atoms. The van der Waals surface area contributed by atoms with E-state index in [9.17, 15) is 0 Å². The van der Waals surface area contributed by atoms with Crippen LogP contribution in [0.25, 0.3) is 0 Å². The van der Waals surface area contributed by atoms with Gasteiger partial charge in [0.15, 0.2) is 0 Å². The van der Waals surface area contributed by atoms with Gasteiger partial charge in [-0.25, -0.2) is 0 Å². The number of aliphatic hydroxyl groups excluding tert-OH is 2. The van der Waals surface area contributed by atoms with E-state index in [2.05, 4.69) is 0 Å². The van der Waals surface area contributed by atoms with Crippen molar-refractivity contribution in [3.8, 4) is 0 Å². The number of aliphatic hydroxyl groups is 2. The Labute approximate surface area is 57.7 Å². The highest BCUT2D eigenvalue weighted by molar-refractivity contribution is 8.02. The Hall–Kier alpha value is 0.620. The third kappa shape index (κ3) is 6.62. The molecule has 4 heteroatoms. The molecule has 0 fully saturated rings. The first-order valence-electron chi connectivity index (χ1n) is 2.29. The van der Waals surface area contributed by atoms with Gasteiger partial charge in [0.1, 0.15) is 0 Å². The molecule has 0 saturated carbocycles. The van der Waals surface area contributed by atoms with E-state index >= 15 is 0 Å². The van der Waals surface area contributed by atoms with Crippen molar-refractivity contribution >= 4 is 23.5 Å². The quantitative estimate of drug-likeness (QED) is 0.443. The van der Waals surface area contributed by atoms with Gasteiger partial charge in [-0.05, 0) is 0 Å². The van der Waals surface area contributed by atoms with Gasteiger partial charge in [-0.15, -0.1) is 23.5 Å².